The van der Waals surface area contributed by atoms with Crippen molar-refractivity contribution in [2.45, 2.75) is 33.3 Å². The molecule has 2 atom stereocenters. The molecule has 4 heteroatoms. The summed E-state index contributed by atoms with van der Waals surface area (Å²) >= 11 is 0. The Balaban J connectivity index is 2.43. The van der Waals surface area contributed by atoms with Crippen LogP contribution in [-0.4, -0.2) is 24.3 Å². The molecule has 1 fully saturated rings. The van der Waals surface area contributed by atoms with Crippen LogP contribution in [-0.2, 0) is 9.53 Å². The summed E-state index contributed by atoms with van der Waals surface area (Å²) in [6.45, 7) is 6.35. The van der Waals surface area contributed by atoms with Gasteiger partial charge in [-0.15, -0.1) is 0 Å². The number of ether oxygens (including phenoxy) is 1. The SMILES string of the molecule is CC(C)=NNC(=O)C1OCCC1C. The lowest BCUT2D eigenvalue weighted by molar-refractivity contribution is -0.131. The van der Waals surface area contributed by atoms with Gasteiger partial charge < -0.3 is 4.74 Å². The first-order chi connectivity index (χ1) is 6.11. The first-order valence-electron chi connectivity index (χ1n) is 4.53. The second-order valence-corrected chi connectivity index (χ2v) is 3.59. The van der Waals surface area contributed by atoms with Crippen molar-refractivity contribution < 1.29 is 9.53 Å². The average Bonchev–Trinajstić information content (AvgIpc) is 2.47. The monoisotopic (exact) mass is 184 g/mol. The van der Waals surface area contributed by atoms with Gasteiger partial charge >= 0.3 is 0 Å². The predicted octanol–water partition coefficient (Wildman–Crippen LogP) is 0.923. The lowest BCUT2D eigenvalue weighted by atomic mass is 10.0. The number of nitrogens with one attached hydrogen (secondary N) is 1. The van der Waals surface area contributed by atoms with Gasteiger partial charge in [0.25, 0.3) is 5.91 Å². The molecule has 74 valence electrons. The number of carbonyl (C=O) groups excluding carboxylic acids is 1. The largest absolute Gasteiger partial charge is 0.368 e. The van der Waals surface area contributed by atoms with Crippen LogP contribution in [0.1, 0.15) is 27.2 Å². The molecule has 0 bridgehead atoms. The van der Waals surface area contributed by atoms with E-state index in [1.54, 1.807) is 0 Å². The molecule has 0 aliphatic carbocycles. The van der Waals surface area contributed by atoms with Crippen LogP contribution in [0.25, 0.3) is 0 Å². The maximum Gasteiger partial charge on any atom is 0.269 e. The Morgan fingerprint density at radius 1 is 1.54 bits per heavy atom. The lowest BCUT2D eigenvalue weighted by Gasteiger charge is -2.11. The van der Waals surface area contributed by atoms with Crippen LogP contribution in [0.4, 0.5) is 0 Å². The third kappa shape index (κ3) is 2.81. The Hall–Kier alpha value is -0.900. The normalized spacial score (nSPS) is 27.0. The van der Waals surface area contributed by atoms with E-state index in [1.807, 2.05) is 20.8 Å². The van der Waals surface area contributed by atoms with Crippen LogP contribution < -0.4 is 5.43 Å². The summed E-state index contributed by atoms with van der Waals surface area (Å²) in [5, 5.41) is 3.84. The molecule has 13 heavy (non-hydrogen) atoms. The maximum atomic E-state index is 11.4. The molecular weight excluding hydrogens is 168 g/mol. The zero-order valence-electron chi connectivity index (χ0n) is 8.33. The molecule has 1 aliphatic heterocycles. The van der Waals surface area contributed by atoms with Gasteiger partial charge in [0.15, 0.2) is 0 Å². The molecule has 4 nitrogen and oxygen atoms in total. The summed E-state index contributed by atoms with van der Waals surface area (Å²) in [5.41, 5.74) is 3.31. The number of hydrazone groups is 1. The van der Waals surface area contributed by atoms with E-state index in [-0.39, 0.29) is 12.0 Å². The Bertz CT molecular complexity index is 222. The highest BCUT2D eigenvalue weighted by molar-refractivity contribution is 5.84. The van der Waals surface area contributed by atoms with E-state index in [9.17, 15) is 4.79 Å². The fraction of sp³-hybridized carbons (Fsp3) is 0.778. The molecule has 2 unspecified atom stereocenters. The predicted molar refractivity (Wildman–Crippen MR) is 50.4 cm³/mol. The third-order valence-corrected chi connectivity index (χ3v) is 2.04. The second-order valence-electron chi connectivity index (χ2n) is 3.59. The molecule has 1 saturated heterocycles. The van der Waals surface area contributed by atoms with Gasteiger partial charge in [0, 0.05) is 12.3 Å². The van der Waals surface area contributed by atoms with Gasteiger partial charge in [-0.3, -0.25) is 4.79 Å². The van der Waals surface area contributed by atoms with Crippen molar-refractivity contribution in [3.8, 4) is 0 Å². The standard InChI is InChI=1S/C9H16N2O2/c1-6(2)10-11-9(12)8-7(3)4-5-13-8/h7-8H,4-5H2,1-3H3,(H,11,12). The quantitative estimate of drug-likeness (QED) is 0.512. The van der Waals surface area contributed by atoms with Crippen molar-refractivity contribution in [2.75, 3.05) is 6.61 Å². The van der Waals surface area contributed by atoms with Gasteiger partial charge in [0.1, 0.15) is 6.10 Å². The van der Waals surface area contributed by atoms with E-state index in [1.165, 1.54) is 0 Å². The van der Waals surface area contributed by atoms with Gasteiger partial charge in [-0.05, 0) is 26.2 Å². The average molecular weight is 184 g/mol. The van der Waals surface area contributed by atoms with E-state index in [2.05, 4.69) is 10.5 Å². The highest BCUT2D eigenvalue weighted by Gasteiger charge is 2.30. The van der Waals surface area contributed by atoms with Crippen molar-refractivity contribution in [3.05, 3.63) is 0 Å². The number of hydrogen-bond acceptors (Lipinski definition) is 3. The molecule has 0 aromatic carbocycles. The first-order valence-corrected chi connectivity index (χ1v) is 4.53. The van der Waals surface area contributed by atoms with Crippen molar-refractivity contribution in [1.29, 1.82) is 0 Å². The number of amides is 1. The van der Waals surface area contributed by atoms with Crippen LogP contribution >= 0.6 is 0 Å². The van der Waals surface area contributed by atoms with Crippen LogP contribution in [0.15, 0.2) is 5.10 Å². The van der Waals surface area contributed by atoms with Crippen molar-refractivity contribution in [1.82, 2.24) is 5.43 Å². The number of nitrogens with zero attached hydrogens (tertiary/aromatic N) is 1. The van der Waals surface area contributed by atoms with Crippen LogP contribution in [0.5, 0.6) is 0 Å². The molecule has 1 aliphatic rings. The smallest absolute Gasteiger partial charge is 0.269 e. The second kappa shape index (κ2) is 4.37. The van der Waals surface area contributed by atoms with Crippen molar-refractivity contribution >= 4 is 11.6 Å². The van der Waals surface area contributed by atoms with Gasteiger partial charge in [-0.1, -0.05) is 6.92 Å². The topological polar surface area (TPSA) is 50.7 Å². The van der Waals surface area contributed by atoms with Gasteiger partial charge in [0.05, 0.1) is 0 Å². The van der Waals surface area contributed by atoms with E-state index < -0.39 is 0 Å². The summed E-state index contributed by atoms with van der Waals surface area (Å²) in [4.78, 5) is 11.4. The summed E-state index contributed by atoms with van der Waals surface area (Å²) < 4.78 is 5.28. The van der Waals surface area contributed by atoms with Crippen LogP contribution in [0.3, 0.4) is 0 Å². The Labute approximate surface area is 78.3 Å². The highest BCUT2D eigenvalue weighted by Crippen LogP contribution is 2.19. The lowest BCUT2D eigenvalue weighted by Crippen LogP contribution is -2.34. The third-order valence-electron chi connectivity index (χ3n) is 2.04. The minimum atomic E-state index is -0.317. The van der Waals surface area contributed by atoms with E-state index in [0.717, 1.165) is 12.1 Å². The molecule has 1 N–H and O–H groups in total. The van der Waals surface area contributed by atoms with E-state index in [4.69, 9.17) is 4.74 Å². The van der Waals surface area contributed by atoms with Crippen molar-refractivity contribution in [2.24, 2.45) is 11.0 Å². The molecule has 0 aromatic rings. The molecular formula is C9H16N2O2. The zero-order valence-corrected chi connectivity index (χ0v) is 8.33. The molecule has 0 saturated carbocycles. The fourth-order valence-electron chi connectivity index (χ4n) is 1.26. The van der Waals surface area contributed by atoms with Gasteiger partial charge in [0.2, 0.25) is 0 Å². The maximum absolute atomic E-state index is 11.4. The molecule has 0 spiro atoms. The Morgan fingerprint density at radius 3 is 2.69 bits per heavy atom. The highest BCUT2D eigenvalue weighted by atomic mass is 16.5. The number of rotatable bonds is 2. The van der Waals surface area contributed by atoms with Gasteiger partial charge in [-0.25, -0.2) is 5.43 Å². The van der Waals surface area contributed by atoms with Crippen molar-refractivity contribution in [3.63, 3.8) is 0 Å². The molecule has 1 amide bonds. The summed E-state index contributed by atoms with van der Waals surface area (Å²) in [7, 11) is 0. The minimum absolute atomic E-state index is 0.133. The van der Waals surface area contributed by atoms with Crippen LogP contribution in [0.2, 0.25) is 0 Å². The Kier molecular flexibility index (Phi) is 3.42. The summed E-state index contributed by atoms with van der Waals surface area (Å²) in [5.74, 6) is 0.165. The van der Waals surface area contributed by atoms with E-state index in [0.29, 0.717) is 12.5 Å². The van der Waals surface area contributed by atoms with Gasteiger partial charge in [-0.2, -0.15) is 5.10 Å². The molecule has 1 rings (SSSR count). The molecule has 0 aromatic heterocycles. The zero-order chi connectivity index (χ0) is 9.84. The molecule has 0 radical (unpaired) electrons. The number of hydrogen-bond donors (Lipinski definition) is 1. The Morgan fingerprint density at radius 2 is 2.23 bits per heavy atom. The number of carbonyl (C=O) groups is 1. The molecule has 1 heterocycles. The summed E-state index contributed by atoms with van der Waals surface area (Å²) in [6.07, 6.45) is 0.635. The summed E-state index contributed by atoms with van der Waals surface area (Å²) in [6, 6.07) is 0. The first kappa shape index (κ1) is 10.2. The van der Waals surface area contributed by atoms with E-state index >= 15 is 0 Å². The minimum Gasteiger partial charge on any atom is -0.368 e. The fourth-order valence-corrected chi connectivity index (χ4v) is 1.26. The van der Waals surface area contributed by atoms with Crippen LogP contribution in [0, 0.1) is 5.92 Å².